The van der Waals surface area contributed by atoms with Gasteiger partial charge in [-0.25, -0.2) is 0 Å². The third-order valence-corrected chi connectivity index (χ3v) is 4.72. The zero-order chi connectivity index (χ0) is 19.0. The Morgan fingerprint density at radius 1 is 1.19 bits per heavy atom. The number of aliphatic hydroxyl groups is 1. The van der Waals surface area contributed by atoms with Gasteiger partial charge in [0.2, 0.25) is 0 Å². The number of rotatable bonds is 3. The maximum atomic E-state index is 12.4. The van der Waals surface area contributed by atoms with Crippen LogP contribution in [0.2, 0.25) is 0 Å². The van der Waals surface area contributed by atoms with Crippen LogP contribution in [0.3, 0.4) is 0 Å². The lowest BCUT2D eigenvalue weighted by Gasteiger charge is -2.20. The first-order valence-electron chi connectivity index (χ1n) is 7.56. The zero-order valence-electron chi connectivity index (χ0n) is 13.5. The summed E-state index contributed by atoms with van der Waals surface area (Å²) >= 11 is 3.29. The lowest BCUT2D eigenvalue weighted by Crippen LogP contribution is -2.24. The van der Waals surface area contributed by atoms with E-state index >= 15 is 0 Å². The number of non-ortho nitro benzene ring substituents is 1. The van der Waals surface area contributed by atoms with Gasteiger partial charge in [-0.2, -0.15) is 0 Å². The molecule has 2 aromatic carbocycles. The number of amides is 1. The lowest BCUT2D eigenvalue weighted by molar-refractivity contribution is -0.384. The molecule has 1 heterocycles. The van der Waals surface area contributed by atoms with Crippen LogP contribution in [-0.2, 0) is 9.59 Å². The van der Waals surface area contributed by atoms with Gasteiger partial charge in [-0.1, -0.05) is 40.2 Å². The predicted octanol–water partition coefficient (Wildman–Crippen LogP) is 3.41. The molecular weight excluding hydrogens is 404 g/mol. The number of nitrogens with zero attached hydrogens (tertiary/aromatic N) is 2. The van der Waals surface area contributed by atoms with Crippen LogP contribution in [0, 0.1) is 10.1 Å². The SMILES string of the molecule is CN1C(=O)C(=O)/C(=C(/O)c2ccc(Br)cc2)[C@H]1c1cccc([N+](=O)[O-])c1. The first-order chi connectivity index (χ1) is 12.3. The van der Waals surface area contributed by atoms with Crippen molar-refractivity contribution < 1.29 is 19.6 Å². The number of carbonyl (C=O) groups is 2. The number of likely N-dealkylation sites (N-methyl/N-ethyl adjacent to an activating group) is 1. The molecule has 1 N–H and O–H groups in total. The van der Waals surface area contributed by atoms with E-state index in [0.717, 1.165) is 4.47 Å². The summed E-state index contributed by atoms with van der Waals surface area (Å²) in [6.45, 7) is 0. The number of likely N-dealkylation sites (tertiary alicyclic amines) is 1. The number of nitro groups is 1. The van der Waals surface area contributed by atoms with E-state index in [1.54, 1.807) is 30.3 Å². The van der Waals surface area contributed by atoms with Crippen LogP contribution in [0.1, 0.15) is 17.2 Å². The van der Waals surface area contributed by atoms with Gasteiger partial charge in [-0.15, -0.1) is 0 Å². The zero-order valence-corrected chi connectivity index (χ0v) is 15.1. The number of hydrogen-bond acceptors (Lipinski definition) is 5. The summed E-state index contributed by atoms with van der Waals surface area (Å²) in [4.78, 5) is 36.3. The molecule has 0 saturated carbocycles. The molecule has 0 aliphatic carbocycles. The normalized spacial score (nSPS) is 19.0. The molecule has 132 valence electrons. The first kappa shape index (κ1) is 17.8. The number of ketones is 1. The fraction of sp³-hybridized carbons (Fsp3) is 0.111. The van der Waals surface area contributed by atoms with Crippen molar-refractivity contribution in [2.75, 3.05) is 7.05 Å². The van der Waals surface area contributed by atoms with Gasteiger partial charge in [-0.05, 0) is 17.7 Å². The van der Waals surface area contributed by atoms with Crippen LogP contribution in [0.15, 0.2) is 58.6 Å². The number of aliphatic hydroxyl groups excluding tert-OH is 1. The predicted molar refractivity (Wildman–Crippen MR) is 97.3 cm³/mol. The monoisotopic (exact) mass is 416 g/mol. The minimum atomic E-state index is -0.904. The summed E-state index contributed by atoms with van der Waals surface area (Å²) in [6, 6.07) is 11.4. The second-order valence-corrected chi connectivity index (χ2v) is 6.68. The quantitative estimate of drug-likeness (QED) is 0.271. The van der Waals surface area contributed by atoms with E-state index < -0.39 is 22.7 Å². The van der Waals surface area contributed by atoms with E-state index in [4.69, 9.17) is 0 Å². The molecule has 0 bridgehead atoms. The van der Waals surface area contributed by atoms with Crippen LogP contribution in [0.4, 0.5) is 5.69 Å². The van der Waals surface area contributed by atoms with Gasteiger partial charge in [0.15, 0.2) is 0 Å². The summed E-state index contributed by atoms with van der Waals surface area (Å²) in [6.07, 6.45) is 0. The lowest BCUT2D eigenvalue weighted by atomic mass is 9.95. The van der Waals surface area contributed by atoms with Crippen LogP contribution >= 0.6 is 15.9 Å². The Bertz CT molecular complexity index is 952. The number of hydrogen-bond donors (Lipinski definition) is 1. The molecule has 3 rings (SSSR count). The Morgan fingerprint density at radius 2 is 1.85 bits per heavy atom. The van der Waals surface area contributed by atoms with Gasteiger partial charge in [0.25, 0.3) is 17.4 Å². The Morgan fingerprint density at radius 3 is 2.46 bits per heavy atom. The summed E-state index contributed by atoms with van der Waals surface area (Å²) < 4.78 is 0.792. The Hall–Kier alpha value is -3.00. The molecule has 0 unspecified atom stereocenters. The van der Waals surface area contributed by atoms with Crippen molar-refractivity contribution in [3.63, 3.8) is 0 Å². The molecule has 7 nitrogen and oxygen atoms in total. The van der Waals surface area contributed by atoms with Crippen molar-refractivity contribution in [1.29, 1.82) is 0 Å². The number of benzene rings is 2. The average molecular weight is 417 g/mol. The fourth-order valence-corrected chi connectivity index (χ4v) is 3.17. The average Bonchev–Trinajstić information content (AvgIpc) is 2.86. The van der Waals surface area contributed by atoms with Gasteiger partial charge in [0, 0.05) is 29.2 Å². The van der Waals surface area contributed by atoms with E-state index in [9.17, 15) is 24.8 Å². The highest BCUT2D eigenvalue weighted by Crippen LogP contribution is 2.39. The van der Waals surface area contributed by atoms with Gasteiger partial charge >= 0.3 is 0 Å². The molecule has 0 radical (unpaired) electrons. The maximum Gasteiger partial charge on any atom is 0.295 e. The smallest absolute Gasteiger partial charge is 0.295 e. The molecule has 1 fully saturated rings. The van der Waals surface area contributed by atoms with Crippen LogP contribution < -0.4 is 0 Å². The van der Waals surface area contributed by atoms with Gasteiger partial charge in [0.05, 0.1) is 16.5 Å². The van der Waals surface area contributed by atoms with Crippen LogP contribution in [0.5, 0.6) is 0 Å². The second kappa shape index (κ2) is 6.72. The standard InChI is InChI=1S/C18H13BrN2O5/c1-20-15(11-3-2-4-13(9-11)21(25)26)14(17(23)18(20)24)16(22)10-5-7-12(19)8-6-10/h2-9,15,22H,1H3/b16-14+/t15-/m1/s1. The first-order valence-corrected chi connectivity index (χ1v) is 8.35. The third kappa shape index (κ3) is 2.99. The minimum absolute atomic E-state index is 0.0969. The van der Waals surface area contributed by atoms with Crippen LogP contribution in [-0.4, -0.2) is 33.7 Å². The maximum absolute atomic E-state index is 12.4. The van der Waals surface area contributed by atoms with Crippen LogP contribution in [0.25, 0.3) is 5.76 Å². The van der Waals surface area contributed by atoms with E-state index in [0.29, 0.717) is 11.1 Å². The van der Waals surface area contributed by atoms with Crippen molar-refractivity contribution in [3.05, 3.63) is 79.8 Å². The summed E-state index contributed by atoms with van der Waals surface area (Å²) in [7, 11) is 1.42. The largest absolute Gasteiger partial charge is 0.507 e. The second-order valence-electron chi connectivity index (χ2n) is 5.77. The van der Waals surface area contributed by atoms with Crippen molar-refractivity contribution in [2.45, 2.75) is 6.04 Å². The molecule has 0 aromatic heterocycles. The highest BCUT2D eigenvalue weighted by atomic mass is 79.9. The summed E-state index contributed by atoms with van der Waals surface area (Å²) in [5, 5.41) is 21.7. The van der Waals surface area contributed by atoms with Crippen molar-refractivity contribution >= 4 is 39.1 Å². The Kier molecular flexibility index (Phi) is 4.60. The van der Waals surface area contributed by atoms with Crippen molar-refractivity contribution in [3.8, 4) is 0 Å². The van der Waals surface area contributed by atoms with Gasteiger partial charge < -0.3 is 10.0 Å². The van der Waals surface area contributed by atoms with E-state index in [1.807, 2.05) is 0 Å². The van der Waals surface area contributed by atoms with E-state index in [-0.39, 0.29) is 17.0 Å². The summed E-state index contributed by atoms with van der Waals surface area (Å²) in [5.74, 6) is -1.93. The number of Topliss-reactive ketones (excluding diaryl/α,β-unsaturated/α-hetero) is 1. The van der Waals surface area contributed by atoms with Gasteiger partial charge in [-0.3, -0.25) is 19.7 Å². The fourth-order valence-electron chi connectivity index (χ4n) is 2.91. The highest BCUT2D eigenvalue weighted by Gasteiger charge is 2.44. The molecule has 1 aliphatic rings. The number of nitro benzene ring substituents is 1. The molecule has 1 aliphatic heterocycles. The van der Waals surface area contributed by atoms with Crippen molar-refractivity contribution in [2.24, 2.45) is 0 Å². The third-order valence-electron chi connectivity index (χ3n) is 4.19. The van der Waals surface area contributed by atoms with E-state index in [1.165, 1.54) is 30.1 Å². The Labute approximate surface area is 156 Å². The minimum Gasteiger partial charge on any atom is -0.507 e. The molecule has 1 amide bonds. The molecule has 0 spiro atoms. The number of halogens is 1. The van der Waals surface area contributed by atoms with Gasteiger partial charge in [0.1, 0.15) is 5.76 Å². The van der Waals surface area contributed by atoms with E-state index in [2.05, 4.69) is 15.9 Å². The molecule has 1 saturated heterocycles. The Balaban J connectivity index is 2.18. The van der Waals surface area contributed by atoms with Crippen molar-refractivity contribution in [1.82, 2.24) is 4.90 Å². The molecular formula is C18H13BrN2O5. The molecule has 26 heavy (non-hydrogen) atoms. The number of carbonyl (C=O) groups excluding carboxylic acids is 2. The molecule has 1 atom stereocenters. The topological polar surface area (TPSA) is 101 Å². The molecule has 2 aromatic rings. The highest BCUT2D eigenvalue weighted by molar-refractivity contribution is 9.10. The summed E-state index contributed by atoms with van der Waals surface area (Å²) in [5.41, 5.74) is 0.486. The molecule has 8 heteroatoms.